The van der Waals surface area contributed by atoms with E-state index in [-0.39, 0.29) is 29.3 Å². The number of rotatable bonds is 8. The second kappa shape index (κ2) is 9.41. The third-order valence-corrected chi connectivity index (χ3v) is 5.62. The van der Waals surface area contributed by atoms with Crippen LogP contribution in [0.4, 0.5) is 10.1 Å². The highest BCUT2D eigenvalue weighted by Gasteiger charge is 2.16. The molecule has 6 nitrogen and oxygen atoms in total. The molecule has 30 heavy (non-hydrogen) atoms. The van der Waals surface area contributed by atoms with E-state index in [1.165, 1.54) is 36.4 Å². The van der Waals surface area contributed by atoms with Crippen LogP contribution in [-0.4, -0.2) is 27.5 Å². The number of anilines is 1. The first-order valence-electron chi connectivity index (χ1n) is 9.20. The number of para-hydroxylation sites is 1. The molecule has 8 heteroatoms. The summed E-state index contributed by atoms with van der Waals surface area (Å²) in [7, 11) is -3.93. The average molecular weight is 428 g/mol. The van der Waals surface area contributed by atoms with E-state index in [2.05, 4.69) is 10.0 Å². The molecular weight excluding hydrogens is 407 g/mol. The third-order valence-electron chi connectivity index (χ3n) is 4.24. The van der Waals surface area contributed by atoms with Crippen molar-refractivity contribution in [1.29, 1.82) is 0 Å². The monoisotopic (exact) mass is 428 g/mol. The van der Waals surface area contributed by atoms with Gasteiger partial charge >= 0.3 is 0 Å². The van der Waals surface area contributed by atoms with Crippen LogP contribution in [0.5, 0.6) is 5.75 Å². The highest BCUT2D eigenvalue weighted by atomic mass is 32.2. The molecule has 0 fully saturated rings. The van der Waals surface area contributed by atoms with Gasteiger partial charge in [0.25, 0.3) is 15.9 Å². The summed E-state index contributed by atoms with van der Waals surface area (Å²) < 4.78 is 46.1. The van der Waals surface area contributed by atoms with Crippen LogP contribution in [0.2, 0.25) is 0 Å². The molecule has 3 aromatic rings. The molecule has 0 aliphatic carbocycles. The van der Waals surface area contributed by atoms with Crippen LogP contribution in [-0.2, 0) is 10.0 Å². The first-order chi connectivity index (χ1) is 14.3. The third kappa shape index (κ3) is 5.57. The highest BCUT2D eigenvalue weighted by molar-refractivity contribution is 7.92. The largest absolute Gasteiger partial charge is 0.491 e. The lowest BCUT2D eigenvalue weighted by Crippen LogP contribution is -2.28. The van der Waals surface area contributed by atoms with Crippen molar-refractivity contribution in [1.82, 2.24) is 5.32 Å². The van der Waals surface area contributed by atoms with E-state index in [0.29, 0.717) is 0 Å². The molecule has 1 amide bonds. The maximum Gasteiger partial charge on any atom is 0.261 e. The SMILES string of the molecule is Cc1ccccc1OCCNC(=O)c1cccc(S(=O)(=O)Nc2ccc(F)cc2)c1. The summed E-state index contributed by atoms with van der Waals surface area (Å²) in [5.74, 6) is -0.142. The van der Waals surface area contributed by atoms with Crippen LogP contribution in [0.1, 0.15) is 15.9 Å². The Kier molecular flexibility index (Phi) is 6.68. The van der Waals surface area contributed by atoms with Crippen LogP contribution < -0.4 is 14.8 Å². The fourth-order valence-electron chi connectivity index (χ4n) is 2.68. The summed E-state index contributed by atoms with van der Waals surface area (Å²) in [6, 6.07) is 18.2. The number of amides is 1. The van der Waals surface area contributed by atoms with E-state index in [0.717, 1.165) is 23.4 Å². The second-order valence-electron chi connectivity index (χ2n) is 6.51. The van der Waals surface area contributed by atoms with E-state index in [4.69, 9.17) is 4.74 Å². The zero-order valence-corrected chi connectivity index (χ0v) is 17.1. The molecule has 156 valence electrons. The van der Waals surface area contributed by atoms with Gasteiger partial charge in [-0.1, -0.05) is 24.3 Å². The first-order valence-corrected chi connectivity index (χ1v) is 10.7. The molecule has 0 unspecified atom stereocenters. The van der Waals surface area contributed by atoms with E-state index in [1.807, 2.05) is 31.2 Å². The van der Waals surface area contributed by atoms with Gasteiger partial charge in [0, 0.05) is 11.3 Å². The van der Waals surface area contributed by atoms with Crippen molar-refractivity contribution >= 4 is 21.6 Å². The lowest BCUT2D eigenvalue weighted by atomic mass is 10.2. The van der Waals surface area contributed by atoms with Crippen LogP contribution in [0.3, 0.4) is 0 Å². The van der Waals surface area contributed by atoms with Gasteiger partial charge in [0.15, 0.2) is 0 Å². The molecule has 2 N–H and O–H groups in total. The van der Waals surface area contributed by atoms with Gasteiger partial charge in [0.2, 0.25) is 0 Å². The van der Waals surface area contributed by atoms with Gasteiger partial charge in [-0.05, 0) is 61.0 Å². The number of carbonyl (C=O) groups excluding carboxylic acids is 1. The fraction of sp³-hybridized carbons (Fsp3) is 0.136. The molecule has 0 aliphatic rings. The zero-order valence-electron chi connectivity index (χ0n) is 16.3. The number of benzene rings is 3. The second-order valence-corrected chi connectivity index (χ2v) is 8.19. The Morgan fingerprint density at radius 2 is 1.73 bits per heavy atom. The summed E-state index contributed by atoms with van der Waals surface area (Å²) >= 11 is 0. The van der Waals surface area contributed by atoms with E-state index in [9.17, 15) is 17.6 Å². The van der Waals surface area contributed by atoms with Crippen LogP contribution in [0.15, 0.2) is 77.7 Å². The Bertz CT molecular complexity index is 1130. The molecule has 0 radical (unpaired) electrons. The molecule has 3 rings (SSSR count). The van der Waals surface area contributed by atoms with Crippen LogP contribution >= 0.6 is 0 Å². The summed E-state index contributed by atoms with van der Waals surface area (Å²) in [5, 5.41) is 2.70. The minimum atomic E-state index is -3.93. The predicted molar refractivity (Wildman–Crippen MR) is 113 cm³/mol. The van der Waals surface area contributed by atoms with Crippen molar-refractivity contribution in [2.75, 3.05) is 17.9 Å². The number of nitrogens with one attached hydrogen (secondary N) is 2. The fourth-order valence-corrected chi connectivity index (χ4v) is 3.79. The number of hydrogen-bond acceptors (Lipinski definition) is 4. The molecule has 0 atom stereocenters. The van der Waals surface area contributed by atoms with Crippen LogP contribution in [0.25, 0.3) is 0 Å². The van der Waals surface area contributed by atoms with Gasteiger partial charge in [-0.3, -0.25) is 9.52 Å². The molecule has 3 aromatic carbocycles. The predicted octanol–water partition coefficient (Wildman–Crippen LogP) is 3.74. The van der Waals surface area contributed by atoms with Crippen molar-refractivity contribution in [3.8, 4) is 5.75 Å². The Morgan fingerprint density at radius 3 is 2.47 bits per heavy atom. The topological polar surface area (TPSA) is 84.5 Å². The Labute approximate surface area is 174 Å². The summed E-state index contributed by atoms with van der Waals surface area (Å²) in [6.07, 6.45) is 0. The van der Waals surface area contributed by atoms with E-state index in [1.54, 1.807) is 0 Å². The summed E-state index contributed by atoms with van der Waals surface area (Å²) in [5.41, 5.74) is 1.42. The number of halogens is 1. The highest BCUT2D eigenvalue weighted by Crippen LogP contribution is 2.18. The number of ether oxygens (including phenoxy) is 1. The van der Waals surface area contributed by atoms with Gasteiger partial charge in [-0.2, -0.15) is 0 Å². The minimum absolute atomic E-state index is 0.0735. The molecular formula is C22H21FN2O4S. The van der Waals surface area contributed by atoms with E-state index >= 15 is 0 Å². The van der Waals surface area contributed by atoms with Gasteiger partial charge in [0.05, 0.1) is 11.4 Å². The summed E-state index contributed by atoms with van der Waals surface area (Å²) in [4.78, 5) is 12.3. The Morgan fingerprint density at radius 1 is 1.00 bits per heavy atom. The first kappa shape index (κ1) is 21.3. The molecule has 0 saturated carbocycles. The lowest BCUT2D eigenvalue weighted by molar-refractivity contribution is 0.0946. The van der Waals surface area contributed by atoms with Gasteiger partial charge in [0.1, 0.15) is 18.2 Å². The summed E-state index contributed by atoms with van der Waals surface area (Å²) in [6.45, 7) is 2.47. The molecule has 0 saturated heterocycles. The van der Waals surface area contributed by atoms with Crippen molar-refractivity contribution in [3.63, 3.8) is 0 Å². The van der Waals surface area contributed by atoms with Crippen LogP contribution in [0, 0.1) is 12.7 Å². The molecule has 0 heterocycles. The maximum atomic E-state index is 13.0. The molecule has 0 aliphatic heterocycles. The smallest absolute Gasteiger partial charge is 0.261 e. The number of hydrogen-bond donors (Lipinski definition) is 2. The maximum absolute atomic E-state index is 13.0. The van der Waals surface area contributed by atoms with Gasteiger partial charge in [-0.25, -0.2) is 12.8 Å². The number of carbonyl (C=O) groups is 1. The van der Waals surface area contributed by atoms with Crippen molar-refractivity contribution < 1.29 is 22.3 Å². The Balaban J connectivity index is 1.60. The zero-order chi connectivity index (χ0) is 21.6. The van der Waals surface area contributed by atoms with E-state index < -0.39 is 21.7 Å². The number of aryl methyl sites for hydroxylation is 1. The minimum Gasteiger partial charge on any atom is -0.491 e. The lowest BCUT2D eigenvalue weighted by Gasteiger charge is -2.11. The quantitative estimate of drug-likeness (QED) is 0.536. The molecule has 0 bridgehead atoms. The van der Waals surface area contributed by atoms with Crippen molar-refractivity contribution in [2.45, 2.75) is 11.8 Å². The Hall–Kier alpha value is -3.39. The van der Waals surface area contributed by atoms with Gasteiger partial charge < -0.3 is 10.1 Å². The average Bonchev–Trinajstić information content (AvgIpc) is 2.74. The van der Waals surface area contributed by atoms with Crippen molar-refractivity contribution in [3.05, 3.63) is 89.7 Å². The number of sulfonamides is 1. The molecule has 0 spiro atoms. The van der Waals surface area contributed by atoms with Crippen molar-refractivity contribution in [2.24, 2.45) is 0 Å². The van der Waals surface area contributed by atoms with Gasteiger partial charge in [-0.15, -0.1) is 0 Å². The normalized spacial score (nSPS) is 11.0. The molecule has 0 aromatic heterocycles. The standard InChI is InChI=1S/C22H21FN2O4S/c1-16-5-2-3-8-21(16)29-14-13-24-22(26)17-6-4-7-20(15-17)30(27,28)25-19-11-9-18(23)10-12-19/h2-12,15,25H,13-14H2,1H3,(H,24,26).